The molecular formula is C11H15N5. The zero-order valence-corrected chi connectivity index (χ0v) is 9.37. The summed E-state index contributed by atoms with van der Waals surface area (Å²) in [6.45, 7) is 4.43. The van der Waals surface area contributed by atoms with E-state index in [2.05, 4.69) is 27.0 Å². The molecule has 0 aromatic carbocycles. The molecule has 0 saturated carbocycles. The van der Waals surface area contributed by atoms with Crippen LogP contribution in [0.15, 0.2) is 18.7 Å². The summed E-state index contributed by atoms with van der Waals surface area (Å²) in [5.74, 6) is 1.70. The van der Waals surface area contributed by atoms with E-state index in [9.17, 15) is 0 Å². The highest BCUT2D eigenvalue weighted by molar-refractivity contribution is 5.63. The van der Waals surface area contributed by atoms with Crippen molar-refractivity contribution < 1.29 is 0 Å². The van der Waals surface area contributed by atoms with Crippen LogP contribution in [0.1, 0.15) is 19.8 Å². The number of piperidine rings is 1. The number of aromatic nitrogens is 4. The van der Waals surface area contributed by atoms with E-state index in [1.807, 2.05) is 16.8 Å². The van der Waals surface area contributed by atoms with Crippen molar-refractivity contribution in [2.75, 3.05) is 18.0 Å². The van der Waals surface area contributed by atoms with Gasteiger partial charge in [0.05, 0.1) is 0 Å². The molecule has 3 heterocycles. The van der Waals surface area contributed by atoms with Crippen LogP contribution in [0.4, 0.5) is 5.82 Å². The van der Waals surface area contributed by atoms with E-state index in [1.165, 1.54) is 12.8 Å². The Morgan fingerprint density at radius 2 is 2.38 bits per heavy atom. The van der Waals surface area contributed by atoms with Gasteiger partial charge in [-0.15, -0.1) is 10.2 Å². The van der Waals surface area contributed by atoms with Gasteiger partial charge in [0.15, 0.2) is 5.82 Å². The van der Waals surface area contributed by atoms with E-state index in [4.69, 9.17) is 0 Å². The van der Waals surface area contributed by atoms with Crippen LogP contribution in [0.25, 0.3) is 5.65 Å². The van der Waals surface area contributed by atoms with Gasteiger partial charge in [0, 0.05) is 25.5 Å². The summed E-state index contributed by atoms with van der Waals surface area (Å²) in [5.41, 5.74) is 0.858. The summed E-state index contributed by atoms with van der Waals surface area (Å²) in [6.07, 6.45) is 7.95. The lowest BCUT2D eigenvalue weighted by molar-refractivity contribution is 0.445. The molecule has 0 amide bonds. The van der Waals surface area contributed by atoms with Crippen LogP contribution in [-0.4, -0.2) is 32.7 Å². The average Bonchev–Trinajstić information content (AvgIpc) is 2.76. The van der Waals surface area contributed by atoms with Crippen LogP contribution in [-0.2, 0) is 0 Å². The summed E-state index contributed by atoms with van der Waals surface area (Å²) in [7, 11) is 0. The van der Waals surface area contributed by atoms with E-state index >= 15 is 0 Å². The maximum Gasteiger partial charge on any atom is 0.203 e. The molecule has 16 heavy (non-hydrogen) atoms. The lowest BCUT2D eigenvalue weighted by atomic mass is 10.0. The first-order valence-electron chi connectivity index (χ1n) is 5.74. The van der Waals surface area contributed by atoms with E-state index in [1.54, 1.807) is 6.33 Å². The fourth-order valence-corrected chi connectivity index (χ4v) is 2.35. The molecule has 2 aromatic heterocycles. The lowest BCUT2D eigenvalue weighted by Crippen LogP contribution is -2.35. The number of nitrogens with zero attached hydrogens (tertiary/aromatic N) is 5. The topological polar surface area (TPSA) is 46.3 Å². The van der Waals surface area contributed by atoms with E-state index in [0.717, 1.165) is 30.5 Å². The fraction of sp³-hybridized carbons (Fsp3) is 0.545. The first-order chi connectivity index (χ1) is 7.84. The smallest absolute Gasteiger partial charge is 0.203 e. The predicted molar refractivity (Wildman–Crippen MR) is 61.4 cm³/mol. The van der Waals surface area contributed by atoms with Gasteiger partial charge < -0.3 is 4.90 Å². The number of anilines is 1. The van der Waals surface area contributed by atoms with Gasteiger partial charge in [-0.2, -0.15) is 0 Å². The Hall–Kier alpha value is -1.65. The normalized spacial score (nSPS) is 21.6. The van der Waals surface area contributed by atoms with Gasteiger partial charge in [-0.1, -0.05) is 6.92 Å². The molecule has 84 valence electrons. The van der Waals surface area contributed by atoms with Gasteiger partial charge in [0.2, 0.25) is 5.65 Å². The quantitative estimate of drug-likeness (QED) is 0.723. The molecule has 1 saturated heterocycles. The average molecular weight is 217 g/mol. The molecule has 1 fully saturated rings. The second-order valence-electron chi connectivity index (χ2n) is 4.51. The fourth-order valence-electron chi connectivity index (χ4n) is 2.35. The number of fused-ring (bicyclic) bond motifs is 1. The van der Waals surface area contributed by atoms with Crippen LogP contribution in [0.3, 0.4) is 0 Å². The predicted octanol–water partition coefficient (Wildman–Crippen LogP) is 1.36. The first kappa shape index (κ1) is 9.57. The highest BCUT2D eigenvalue weighted by Crippen LogP contribution is 2.23. The van der Waals surface area contributed by atoms with Crippen LogP contribution < -0.4 is 4.90 Å². The number of hydrogen-bond acceptors (Lipinski definition) is 4. The summed E-state index contributed by atoms with van der Waals surface area (Å²) < 4.78 is 1.92. The summed E-state index contributed by atoms with van der Waals surface area (Å²) in [5, 5.41) is 8.05. The van der Waals surface area contributed by atoms with Crippen LogP contribution >= 0.6 is 0 Å². The van der Waals surface area contributed by atoms with Crippen LogP contribution in [0.5, 0.6) is 0 Å². The molecule has 0 aliphatic carbocycles. The SMILES string of the molecule is C[C@H]1CCCN(c2nccn3cnnc23)C1. The first-order valence-corrected chi connectivity index (χ1v) is 5.74. The number of rotatable bonds is 1. The Labute approximate surface area is 94.1 Å². The third kappa shape index (κ3) is 1.52. The van der Waals surface area contributed by atoms with Crippen molar-refractivity contribution in [3.05, 3.63) is 18.7 Å². The zero-order chi connectivity index (χ0) is 11.0. The monoisotopic (exact) mass is 217 g/mol. The second kappa shape index (κ2) is 3.73. The molecule has 1 aliphatic heterocycles. The van der Waals surface area contributed by atoms with Crippen LogP contribution in [0, 0.1) is 5.92 Å². The molecule has 1 aliphatic rings. The van der Waals surface area contributed by atoms with E-state index < -0.39 is 0 Å². The molecule has 2 aromatic rings. The Bertz CT molecular complexity index is 492. The van der Waals surface area contributed by atoms with Crippen molar-refractivity contribution in [2.45, 2.75) is 19.8 Å². The molecule has 1 atom stereocenters. The van der Waals surface area contributed by atoms with E-state index in [0.29, 0.717) is 0 Å². The maximum atomic E-state index is 4.44. The standard InChI is InChI=1S/C11H15N5/c1-9-3-2-5-15(7-9)10-11-14-13-8-16(11)6-4-12-10/h4,6,8-9H,2-3,5,7H2,1H3/t9-/m0/s1. The van der Waals surface area contributed by atoms with Crippen molar-refractivity contribution in [3.8, 4) is 0 Å². The molecule has 5 nitrogen and oxygen atoms in total. The molecule has 0 unspecified atom stereocenters. The minimum Gasteiger partial charge on any atom is -0.353 e. The Balaban J connectivity index is 2.01. The second-order valence-corrected chi connectivity index (χ2v) is 4.51. The van der Waals surface area contributed by atoms with Crippen molar-refractivity contribution in [1.82, 2.24) is 19.6 Å². The molecular weight excluding hydrogens is 202 g/mol. The van der Waals surface area contributed by atoms with Crippen molar-refractivity contribution in [2.24, 2.45) is 5.92 Å². The van der Waals surface area contributed by atoms with Gasteiger partial charge in [0.25, 0.3) is 0 Å². The third-order valence-corrected chi connectivity index (χ3v) is 3.15. The maximum absolute atomic E-state index is 4.44. The Morgan fingerprint density at radius 1 is 1.44 bits per heavy atom. The highest BCUT2D eigenvalue weighted by atomic mass is 15.3. The van der Waals surface area contributed by atoms with Gasteiger partial charge >= 0.3 is 0 Å². The van der Waals surface area contributed by atoms with Gasteiger partial charge in [-0.3, -0.25) is 4.40 Å². The number of hydrogen-bond donors (Lipinski definition) is 0. The van der Waals surface area contributed by atoms with Gasteiger partial charge in [0.1, 0.15) is 6.33 Å². The third-order valence-electron chi connectivity index (χ3n) is 3.15. The van der Waals surface area contributed by atoms with E-state index in [-0.39, 0.29) is 0 Å². The highest BCUT2D eigenvalue weighted by Gasteiger charge is 2.20. The van der Waals surface area contributed by atoms with Crippen molar-refractivity contribution in [1.29, 1.82) is 0 Å². The summed E-state index contributed by atoms with van der Waals surface area (Å²) in [4.78, 5) is 6.76. The molecule has 0 spiro atoms. The van der Waals surface area contributed by atoms with Gasteiger partial charge in [-0.05, 0) is 18.8 Å². The molecule has 0 radical (unpaired) electrons. The summed E-state index contributed by atoms with van der Waals surface area (Å²) >= 11 is 0. The van der Waals surface area contributed by atoms with Crippen molar-refractivity contribution >= 4 is 11.5 Å². The Morgan fingerprint density at radius 3 is 3.25 bits per heavy atom. The van der Waals surface area contributed by atoms with Crippen LogP contribution in [0.2, 0.25) is 0 Å². The minimum absolute atomic E-state index is 0.735. The molecule has 0 N–H and O–H groups in total. The minimum atomic E-state index is 0.735. The Kier molecular flexibility index (Phi) is 2.23. The molecule has 3 rings (SSSR count). The zero-order valence-electron chi connectivity index (χ0n) is 9.37. The van der Waals surface area contributed by atoms with Gasteiger partial charge in [-0.25, -0.2) is 4.98 Å². The summed E-state index contributed by atoms with van der Waals surface area (Å²) in [6, 6.07) is 0. The molecule has 5 heteroatoms. The largest absolute Gasteiger partial charge is 0.353 e. The lowest BCUT2D eigenvalue weighted by Gasteiger charge is -2.31. The molecule has 0 bridgehead atoms. The van der Waals surface area contributed by atoms with Crippen molar-refractivity contribution in [3.63, 3.8) is 0 Å².